The van der Waals surface area contributed by atoms with Gasteiger partial charge in [0.2, 0.25) is 6.33 Å². The van der Waals surface area contributed by atoms with Crippen molar-refractivity contribution in [2.45, 2.75) is 19.5 Å². The summed E-state index contributed by atoms with van der Waals surface area (Å²) in [5.41, 5.74) is 7.76. The summed E-state index contributed by atoms with van der Waals surface area (Å²) in [5, 5.41) is 3.51. The fourth-order valence-corrected chi connectivity index (χ4v) is 1.95. The molecule has 1 aromatic carbocycles. The molecule has 1 unspecified atom stereocenters. The summed E-state index contributed by atoms with van der Waals surface area (Å²) < 4.78 is 4.21. The molecule has 0 aliphatic rings. The summed E-state index contributed by atoms with van der Waals surface area (Å²) >= 11 is 0. The molecule has 0 fully saturated rings. The molecule has 0 bridgehead atoms. The SMILES string of the molecule is CC(NCCn1cc[n+](C)c1)c1ccc(N)cc1. The molecule has 2 rings (SSSR count). The fourth-order valence-electron chi connectivity index (χ4n) is 1.95. The zero-order chi connectivity index (χ0) is 13.0. The van der Waals surface area contributed by atoms with Crippen LogP contribution in [0.5, 0.6) is 0 Å². The van der Waals surface area contributed by atoms with Crippen molar-refractivity contribution >= 4 is 5.69 Å². The molecule has 1 atom stereocenters. The predicted molar refractivity (Wildman–Crippen MR) is 72.9 cm³/mol. The molecule has 0 saturated carbocycles. The van der Waals surface area contributed by atoms with E-state index >= 15 is 0 Å². The first kappa shape index (κ1) is 12.6. The van der Waals surface area contributed by atoms with Crippen LogP contribution in [0.3, 0.4) is 0 Å². The number of nitrogens with two attached hydrogens (primary N) is 1. The number of nitrogens with zero attached hydrogens (tertiary/aromatic N) is 2. The minimum Gasteiger partial charge on any atom is -0.399 e. The zero-order valence-electron chi connectivity index (χ0n) is 11.0. The van der Waals surface area contributed by atoms with E-state index in [4.69, 9.17) is 5.73 Å². The molecule has 0 aliphatic carbocycles. The largest absolute Gasteiger partial charge is 0.399 e. The molecule has 0 aliphatic heterocycles. The van der Waals surface area contributed by atoms with Gasteiger partial charge in [0.15, 0.2) is 0 Å². The van der Waals surface area contributed by atoms with E-state index in [9.17, 15) is 0 Å². The summed E-state index contributed by atoms with van der Waals surface area (Å²) in [6.45, 7) is 4.08. The van der Waals surface area contributed by atoms with Gasteiger partial charge < -0.3 is 11.1 Å². The Morgan fingerprint density at radius 2 is 2.06 bits per heavy atom. The van der Waals surface area contributed by atoms with Crippen LogP contribution < -0.4 is 15.6 Å². The third-order valence-corrected chi connectivity index (χ3v) is 3.08. The van der Waals surface area contributed by atoms with Crippen LogP contribution in [0.25, 0.3) is 0 Å². The second-order valence-corrected chi connectivity index (χ2v) is 4.66. The first-order valence-corrected chi connectivity index (χ1v) is 6.25. The smallest absolute Gasteiger partial charge is 0.243 e. The lowest BCUT2D eigenvalue weighted by atomic mass is 10.1. The van der Waals surface area contributed by atoms with Gasteiger partial charge in [-0.15, -0.1) is 0 Å². The molecule has 4 nitrogen and oxygen atoms in total. The fraction of sp³-hybridized carbons (Fsp3) is 0.357. The highest BCUT2D eigenvalue weighted by molar-refractivity contribution is 5.39. The Morgan fingerprint density at radius 1 is 1.33 bits per heavy atom. The Kier molecular flexibility index (Phi) is 3.99. The van der Waals surface area contributed by atoms with Crippen molar-refractivity contribution in [2.75, 3.05) is 12.3 Å². The van der Waals surface area contributed by atoms with Crippen LogP contribution in [0.15, 0.2) is 43.0 Å². The molecule has 0 spiro atoms. The van der Waals surface area contributed by atoms with E-state index in [0.717, 1.165) is 18.8 Å². The van der Waals surface area contributed by atoms with Gasteiger partial charge in [0.25, 0.3) is 0 Å². The quantitative estimate of drug-likeness (QED) is 0.615. The zero-order valence-corrected chi connectivity index (χ0v) is 11.0. The minimum absolute atomic E-state index is 0.343. The van der Waals surface area contributed by atoms with Crippen molar-refractivity contribution in [1.29, 1.82) is 0 Å². The van der Waals surface area contributed by atoms with Crippen LogP contribution in [-0.4, -0.2) is 11.1 Å². The number of hydrogen-bond acceptors (Lipinski definition) is 2. The van der Waals surface area contributed by atoms with Gasteiger partial charge in [-0.05, 0) is 24.6 Å². The lowest BCUT2D eigenvalue weighted by Gasteiger charge is -2.13. The van der Waals surface area contributed by atoms with Crippen molar-refractivity contribution in [3.05, 3.63) is 48.5 Å². The summed E-state index contributed by atoms with van der Waals surface area (Å²) in [6.07, 6.45) is 6.20. The van der Waals surface area contributed by atoms with E-state index in [2.05, 4.69) is 41.5 Å². The Bertz CT molecular complexity index is 487. The monoisotopic (exact) mass is 245 g/mol. The number of rotatable bonds is 5. The molecule has 3 N–H and O–H groups in total. The van der Waals surface area contributed by atoms with Gasteiger partial charge in [-0.2, -0.15) is 0 Å². The predicted octanol–water partition coefficient (Wildman–Crippen LogP) is 1.25. The van der Waals surface area contributed by atoms with E-state index in [1.54, 1.807) is 0 Å². The van der Waals surface area contributed by atoms with Crippen molar-refractivity contribution < 1.29 is 4.57 Å². The topological polar surface area (TPSA) is 46.9 Å². The van der Waals surface area contributed by atoms with Crippen molar-refractivity contribution in [2.24, 2.45) is 7.05 Å². The summed E-state index contributed by atoms with van der Waals surface area (Å²) in [5.74, 6) is 0. The van der Waals surface area contributed by atoms with Crippen LogP contribution in [0.1, 0.15) is 18.5 Å². The number of hydrogen-bond donors (Lipinski definition) is 2. The number of imidazole rings is 1. The maximum Gasteiger partial charge on any atom is 0.243 e. The number of nitrogens with one attached hydrogen (secondary N) is 1. The minimum atomic E-state index is 0.343. The average Bonchev–Trinajstić information content (AvgIpc) is 2.76. The molecule has 1 aromatic heterocycles. The molecule has 0 amide bonds. The lowest BCUT2D eigenvalue weighted by molar-refractivity contribution is -0.671. The van der Waals surface area contributed by atoms with Crippen LogP contribution in [0.4, 0.5) is 5.69 Å². The highest BCUT2D eigenvalue weighted by Crippen LogP contribution is 2.13. The highest BCUT2D eigenvalue weighted by atomic mass is 15.1. The molecule has 1 heterocycles. The van der Waals surface area contributed by atoms with Crippen LogP contribution in [0, 0.1) is 0 Å². The Labute approximate surface area is 108 Å². The number of nitrogen functional groups attached to an aromatic ring is 1. The summed E-state index contributed by atoms with van der Waals surface area (Å²) in [7, 11) is 2.03. The van der Waals surface area contributed by atoms with Crippen LogP contribution in [-0.2, 0) is 13.6 Å². The standard InChI is InChI=1S/C14H21N4/c1-12(13-3-5-14(15)6-4-13)16-7-8-18-10-9-17(2)11-18/h3-6,9-12,16H,7-8,15H2,1-2H3/q+1. The van der Waals surface area contributed by atoms with E-state index < -0.39 is 0 Å². The Hall–Kier alpha value is -1.81. The van der Waals surface area contributed by atoms with Crippen LogP contribution >= 0.6 is 0 Å². The molecule has 2 aromatic rings. The average molecular weight is 245 g/mol. The van der Waals surface area contributed by atoms with Crippen molar-refractivity contribution in [3.8, 4) is 0 Å². The summed E-state index contributed by atoms with van der Waals surface area (Å²) in [6, 6.07) is 8.37. The number of anilines is 1. The van der Waals surface area contributed by atoms with Gasteiger partial charge in [-0.25, -0.2) is 9.13 Å². The third-order valence-electron chi connectivity index (χ3n) is 3.08. The van der Waals surface area contributed by atoms with E-state index in [1.807, 2.05) is 29.9 Å². The molecule has 18 heavy (non-hydrogen) atoms. The molecule has 0 saturated heterocycles. The van der Waals surface area contributed by atoms with Crippen molar-refractivity contribution in [3.63, 3.8) is 0 Å². The molecule has 96 valence electrons. The number of aromatic nitrogens is 2. The van der Waals surface area contributed by atoms with E-state index in [0.29, 0.717) is 6.04 Å². The summed E-state index contributed by atoms with van der Waals surface area (Å²) in [4.78, 5) is 0. The third kappa shape index (κ3) is 3.34. The molecular formula is C14H21N4+. The lowest BCUT2D eigenvalue weighted by Crippen LogP contribution is -2.26. The molecule has 4 heteroatoms. The van der Waals surface area contributed by atoms with Gasteiger partial charge in [0.05, 0.1) is 7.05 Å². The first-order valence-electron chi connectivity index (χ1n) is 6.25. The Balaban J connectivity index is 1.81. The Morgan fingerprint density at radius 3 is 2.67 bits per heavy atom. The van der Waals surface area contributed by atoms with Gasteiger partial charge in [0.1, 0.15) is 18.9 Å². The van der Waals surface area contributed by atoms with Crippen molar-refractivity contribution in [1.82, 2.24) is 9.88 Å². The number of aryl methyl sites for hydroxylation is 1. The maximum absolute atomic E-state index is 5.68. The molecule has 0 radical (unpaired) electrons. The number of benzene rings is 1. The van der Waals surface area contributed by atoms with Gasteiger partial charge in [0, 0.05) is 18.3 Å². The normalized spacial score (nSPS) is 12.6. The second kappa shape index (κ2) is 5.69. The van der Waals surface area contributed by atoms with Gasteiger partial charge in [-0.1, -0.05) is 12.1 Å². The van der Waals surface area contributed by atoms with E-state index in [-0.39, 0.29) is 0 Å². The maximum atomic E-state index is 5.68. The van der Waals surface area contributed by atoms with Crippen LogP contribution in [0.2, 0.25) is 0 Å². The molecular weight excluding hydrogens is 224 g/mol. The highest BCUT2D eigenvalue weighted by Gasteiger charge is 2.05. The van der Waals surface area contributed by atoms with E-state index in [1.165, 1.54) is 5.56 Å². The second-order valence-electron chi connectivity index (χ2n) is 4.66. The van der Waals surface area contributed by atoms with Gasteiger partial charge >= 0.3 is 0 Å². The first-order chi connectivity index (χ1) is 8.65. The van der Waals surface area contributed by atoms with Gasteiger partial charge in [-0.3, -0.25) is 0 Å².